The molecular formula is C27H29N3OS. The summed E-state index contributed by atoms with van der Waals surface area (Å²) in [6, 6.07) is 16.7. The van der Waals surface area contributed by atoms with Gasteiger partial charge in [-0.15, -0.1) is 11.3 Å². The fraction of sp³-hybridized carbons (Fsp3) is 0.296. The first-order valence-electron chi connectivity index (χ1n) is 11.4. The van der Waals surface area contributed by atoms with Crippen LogP contribution in [0.5, 0.6) is 0 Å². The van der Waals surface area contributed by atoms with Gasteiger partial charge in [0.2, 0.25) is 0 Å². The lowest BCUT2D eigenvalue weighted by Crippen LogP contribution is -2.43. The van der Waals surface area contributed by atoms with Crippen molar-refractivity contribution >= 4 is 34.6 Å². The van der Waals surface area contributed by atoms with E-state index < -0.39 is 0 Å². The summed E-state index contributed by atoms with van der Waals surface area (Å²) in [5.41, 5.74) is 12.7. The van der Waals surface area contributed by atoms with Gasteiger partial charge in [0, 0.05) is 48.9 Å². The van der Waals surface area contributed by atoms with Crippen LogP contribution < -0.4 is 16.0 Å². The van der Waals surface area contributed by atoms with Crippen LogP contribution in [0.4, 0.5) is 11.4 Å². The maximum Gasteiger partial charge on any atom is 0.160 e. The molecule has 164 valence electrons. The number of ketones is 1. The van der Waals surface area contributed by atoms with Crippen molar-refractivity contribution in [2.24, 2.45) is 0 Å². The summed E-state index contributed by atoms with van der Waals surface area (Å²) in [7, 11) is 0. The Morgan fingerprint density at radius 1 is 1.12 bits per heavy atom. The molecule has 0 atom stereocenters. The summed E-state index contributed by atoms with van der Waals surface area (Å²) in [5.74, 6) is 0.739. The molecule has 0 amide bonds. The van der Waals surface area contributed by atoms with Crippen molar-refractivity contribution in [2.75, 3.05) is 36.8 Å². The van der Waals surface area contributed by atoms with Crippen LogP contribution in [0, 0.1) is 0 Å². The number of allylic oxidation sites excluding steroid dienone is 1. The standard InChI is InChI=1S/C27H29N3OS/c28-25-9-7-21(27-2-1-15-32-27)17-22(25)18-23(31)8-3-19-4-10-26(24(16-19)20-5-6-20)30-13-11-29-12-14-30/h1-4,7-10,15-17,20,29H,5-6,11-14,18,28H2/b8-3+. The third-order valence-electron chi connectivity index (χ3n) is 6.30. The number of rotatable bonds is 7. The molecule has 2 fully saturated rings. The minimum absolute atomic E-state index is 0.0687. The van der Waals surface area contributed by atoms with Crippen LogP contribution in [-0.2, 0) is 11.2 Å². The molecule has 1 aliphatic carbocycles. The van der Waals surface area contributed by atoms with Crippen LogP contribution in [-0.4, -0.2) is 32.0 Å². The number of carbonyl (C=O) groups excluding carboxylic acids is 1. The monoisotopic (exact) mass is 443 g/mol. The Morgan fingerprint density at radius 3 is 2.72 bits per heavy atom. The molecular weight excluding hydrogens is 414 g/mol. The van der Waals surface area contributed by atoms with Crippen LogP contribution >= 0.6 is 11.3 Å². The van der Waals surface area contributed by atoms with Crippen molar-refractivity contribution in [2.45, 2.75) is 25.2 Å². The van der Waals surface area contributed by atoms with E-state index in [4.69, 9.17) is 5.73 Å². The first-order valence-corrected chi connectivity index (χ1v) is 12.3. The van der Waals surface area contributed by atoms with Gasteiger partial charge in [0.1, 0.15) is 0 Å². The molecule has 32 heavy (non-hydrogen) atoms. The number of nitrogens with one attached hydrogen (secondary N) is 1. The summed E-state index contributed by atoms with van der Waals surface area (Å²) >= 11 is 1.69. The van der Waals surface area contributed by atoms with Gasteiger partial charge in [-0.3, -0.25) is 4.79 Å². The van der Waals surface area contributed by atoms with E-state index in [0.717, 1.165) is 42.9 Å². The molecule has 3 aromatic rings. The first kappa shape index (κ1) is 21.0. The number of benzene rings is 2. The summed E-state index contributed by atoms with van der Waals surface area (Å²) in [6.07, 6.45) is 6.51. The fourth-order valence-electron chi connectivity index (χ4n) is 4.38. The van der Waals surface area contributed by atoms with Gasteiger partial charge in [0.15, 0.2) is 5.78 Å². The van der Waals surface area contributed by atoms with E-state index in [1.165, 1.54) is 29.0 Å². The maximum absolute atomic E-state index is 12.7. The molecule has 4 nitrogen and oxygen atoms in total. The zero-order valence-electron chi connectivity index (χ0n) is 18.2. The van der Waals surface area contributed by atoms with Crippen molar-refractivity contribution in [3.8, 4) is 10.4 Å². The maximum atomic E-state index is 12.7. The minimum Gasteiger partial charge on any atom is -0.398 e. The van der Waals surface area contributed by atoms with Gasteiger partial charge < -0.3 is 16.0 Å². The molecule has 2 aromatic carbocycles. The largest absolute Gasteiger partial charge is 0.398 e. The normalized spacial score (nSPS) is 16.6. The molecule has 2 heterocycles. The molecule has 1 saturated heterocycles. The van der Waals surface area contributed by atoms with Crippen molar-refractivity contribution in [3.05, 3.63) is 76.7 Å². The molecule has 1 saturated carbocycles. The highest BCUT2D eigenvalue weighted by Crippen LogP contribution is 2.45. The number of carbonyl (C=O) groups is 1. The smallest absolute Gasteiger partial charge is 0.160 e. The number of piperazine rings is 1. The Labute approximate surface area is 193 Å². The van der Waals surface area contributed by atoms with Crippen LogP contribution in [0.3, 0.4) is 0 Å². The summed E-state index contributed by atoms with van der Waals surface area (Å²) in [4.78, 5) is 16.4. The van der Waals surface area contributed by atoms with E-state index in [9.17, 15) is 4.79 Å². The Bertz CT molecular complexity index is 1130. The lowest BCUT2D eigenvalue weighted by atomic mass is 10.0. The van der Waals surface area contributed by atoms with Gasteiger partial charge >= 0.3 is 0 Å². The molecule has 3 N–H and O–H groups in total. The SMILES string of the molecule is Nc1ccc(-c2cccs2)cc1CC(=O)/C=C/c1ccc(N2CCNCC2)c(C2CC2)c1. The Morgan fingerprint density at radius 2 is 1.97 bits per heavy atom. The molecule has 0 unspecified atom stereocenters. The van der Waals surface area contributed by atoms with E-state index in [0.29, 0.717) is 18.0 Å². The number of nitrogen functional groups attached to an aromatic ring is 1. The van der Waals surface area contributed by atoms with Crippen molar-refractivity contribution < 1.29 is 4.79 Å². The first-order chi connectivity index (χ1) is 15.7. The highest BCUT2D eigenvalue weighted by atomic mass is 32.1. The van der Waals surface area contributed by atoms with E-state index in [1.807, 2.05) is 30.3 Å². The second-order valence-electron chi connectivity index (χ2n) is 8.70. The predicted molar refractivity (Wildman–Crippen MR) is 135 cm³/mol. The molecule has 5 heteroatoms. The second kappa shape index (κ2) is 9.31. The fourth-order valence-corrected chi connectivity index (χ4v) is 5.11. The van der Waals surface area contributed by atoms with Crippen LogP contribution in [0.1, 0.15) is 35.4 Å². The highest BCUT2D eigenvalue weighted by Gasteiger charge is 2.28. The van der Waals surface area contributed by atoms with Gasteiger partial charge in [0.25, 0.3) is 0 Å². The van der Waals surface area contributed by atoms with E-state index >= 15 is 0 Å². The highest BCUT2D eigenvalue weighted by molar-refractivity contribution is 7.13. The third-order valence-corrected chi connectivity index (χ3v) is 7.22. The van der Waals surface area contributed by atoms with Crippen molar-refractivity contribution in [3.63, 3.8) is 0 Å². The van der Waals surface area contributed by atoms with Crippen LogP contribution in [0.25, 0.3) is 16.5 Å². The lowest BCUT2D eigenvalue weighted by molar-refractivity contribution is -0.113. The minimum atomic E-state index is 0.0687. The van der Waals surface area contributed by atoms with Gasteiger partial charge in [-0.25, -0.2) is 0 Å². The van der Waals surface area contributed by atoms with Gasteiger partial charge in [0.05, 0.1) is 0 Å². The van der Waals surface area contributed by atoms with Crippen LogP contribution in [0.2, 0.25) is 0 Å². The second-order valence-corrected chi connectivity index (χ2v) is 9.64. The molecule has 0 bridgehead atoms. The molecule has 1 aliphatic heterocycles. The van der Waals surface area contributed by atoms with Gasteiger partial charge in [-0.05, 0) is 82.8 Å². The third kappa shape index (κ3) is 4.79. The van der Waals surface area contributed by atoms with E-state index in [2.05, 4.69) is 39.9 Å². The molecule has 0 radical (unpaired) electrons. The van der Waals surface area contributed by atoms with Crippen molar-refractivity contribution in [1.82, 2.24) is 5.32 Å². The Hall–Kier alpha value is -2.89. The topological polar surface area (TPSA) is 58.4 Å². The van der Waals surface area contributed by atoms with E-state index in [1.54, 1.807) is 17.4 Å². The summed E-state index contributed by atoms with van der Waals surface area (Å²) in [6.45, 7) is 4.19. The van der Waals surface area contributed by atoms with Gasteiger partial charge in [-0.2, -0.15) is 0 Å². The number of thiophene rings is 1. The number of hydrogen-bond donors (Lipinski definition) is 2. The summed E-state index contributed by atoms with van der Waals surface area (Å²) in [5, 5.41) is 5.49. The zero-order valence-corrected chi connectivity index (χ0v) is 19.0. The number of nitrogens with zero attached hydrogens (tertiary/aromatic N) is 1. The lowest BCUT2D eigenvalue weighted by Gasteiger charge is -2.31. The molecule has 5 rings (SSSR count). The van der Waals surface area contributed by atoms with Crippen molar-refractivity contribution in [1.29, 1.82) is 0 Å². The number of hydrogen-bond acceptors (Lipinski definition) is 5. The molecule has 2 aliphatic rings. The average molecular weight is 444 g/mol. The van der Waals surface area contributed by atoms with Crippen LogP contribution in [0.15, 0.2) is 60.0 Å². The summed E-state index contributed by atoms with van der Waals surface area (Å²) < 4.78 is 0. The predicted octanol–water partition coefficient (Wildman–Crippen LogP) is 5.11. The zero-order chi connectivity index (χ0) is 21.9. The average Bonchev–Trinajstić information content (AvgIpc) is 3.53. The molecule has 0 spiro atoms. The Balaban J connectivity index is 1.31. The Kier molecular flexibility index (Phi) is 6.10. The number of nitrogens with two attached hydrogens (primary N) is 1. The van der Waals surface area contributed by atoms with Gasteiger partial charge in [-0.1, -0.05) is 24.3 Å². The quantitative estimate of drug-likeness (QED) is 0.394. The van der Waals surface area contributed by atoms with E-state index in [-0.39, 0.29) is 5.78 Å². The molecule has 1 aromatic heterocycles. The number of anilines is 2.